The van der Waals surface area contributed by atoms with Crippen molar-refractivity contribution in [1.82, 2.24) is 0 Å². The minimum absolute atomic E-state index is 0.416. The van der Waals surface area contributed by atoms with Crippen LogP contribution in [0.1, 0.15) is 58.4 Å². The van der Waals surface area contributed by atoms with Gasteiger partial charge in [-0.2, -0.15) is 0 Å². The summed E-state index contributed by atoms with van der Waals surface area (Å²) in [6, 6.07) is 8.35. The molecule has 1 aliphatic rings. The number of rotatable bonds is 4. The van der Waals surface area contributed by atoms with Crippen molar-refractivity contribution >= 4 is 15.9 Å². The van der Waals surface area contributed by atoms with E-state index in [-0.39, 0.29) is 0 Å². The van der Waals surface area contributed by atoms with E-state index < -0.39 is 5.60 Å². The number of halogens is 1. The Balaban J connectivity index is 1.96. The highest BCUT2D eigenvalue weighted by atomic mass is 79.9. The average Bonchev–Trinajstić information content (AvgIpc) is 2.42. The van der Waals surface area contributed by atoms with Crippen LogP contribution in [0.3, 0.4) is 0 Å². The zero-order valence-electron chi connectivity index (χ0n) is 13.0. The summed E-state index contributed by atoms with van der Waals surface area (Å²) >= 11 is 3.46. The molecule has 1 aliphatic carbocycles. The van der Waals surface area contributed by atoms with Crippen LogP contribution >= 0.6 is 15.9 Å². The SMILES string of the molecule is CCC(C)(C)C1CCC(O)(Cc2ccc(Br)cc2)CC1. The van der Waals surface area contributed by atoms with E-state index in [0.717, 1.165) is 42.5 Å². The lowest BCUT2D eigenvalue weighted by Gasteiger charge is -2.42. The Kier molecular flexibility index (Phi) is 4.96. The number of benzene rings is 1. The van der Waals surface area contributed by atoms with Gasteiger partial charge in [0.25, 0.3) is 0 Å². The second-order valence-corrected chi connectivity index (χ2v) is 8.06. The molecule has 0 spiro atoms. The summed E-state index contributed by atoms with van der Waals surface area (Å²) in [6.07, 6.45) is 6.22. The van der Waals surface area contributed by atoms with Gasteiger partial charge in [0.2, 0.25) is 0 Å². The van der Waals surface area contributed by atoms with Crippen molar-refractivity contribution in [3.8, 4) is 0 Å². The van der Waals surface area contributed by atoms with Gasteiger partial charge in [0.1, 0.15) is 0 Å². The molecule has 0 aromatic heterocycles. The number of hydrogen-bond donors (Lipinski definition) is 1. The summed E-state index contributed by atoms with van der Waals surface area (Å²) in [6.45, 7) is 7.02. The molecule has 2 rings (SSSR count). The van der Waals surface area contributed by atoms with Gasteiger partial charge < -0.3 is 5.11 Å². The number of hydrogen-bond acceptors (Lipinski definition) is 1. The molecule has 0 heterocycles. The molecule has 1 aromatic carbocycles. The van der Waals surface area contributed by atoms with Gasteiger partial charge in [-0.15, -0.1) is 0 Å². The summed E-state index contributed by atoms with van der Waals surface area (Å²) in [5.41, 5.74) is 1.16. The molecule has 1 nitrogen and oxygen atoms in total. The van der Waals surface area contributed by atoms with Crippen LogP contribution in [-0.4, -0.2) is 10.7 Å². The predicted molar refractivity (Wildman–Crippen MR) is 88.8 cm³/mol. The lowest BCUT2D eigenvalue weighted by atomic mass is 9.65. The molecule has 0 amide bonds. The van der Waals surface area contributed by atoms with Gasteiger partial charge in [-0.1, -0.05) is 55.3 Å². The molecule has 1 fully saturated rings. The van der Waals surface area contributed by atoms with Gasteiger partial charge >= 0.3 is 0 Å². The second kappa shape index (κ2) is 6.19. The van der Waals surface area contributed by atoms with Crippen LogP contribution in [0.4, 0.5) is 0 Å². The monoisotopic (exact) mass is 338 g/mol. The number of aliphatic hydroxyl groups is 1. The summed E-state index contributed by atoms with van der Waals surface area (Å²) in [5, 5.41) is 10.8. The highest BCUT2D eigenvalue weighted by molar-refractivity contribution is 9.10. The van der Waals surface area contributed by atoms with E-state index in [1.165, 1.54) is 12.0 Å². The first-order valence-electron chi connectivity index (χ1n) is 7.81. The van der Waals surface area contributed by atoms with Crippen LogP contribution < -0.4 is 0 Å². The van der Waals surface area contributed by atoms with Crippen LogP contribution in [-0.2, 0) is 6.42 Å². The van der Waals surface area contributed by atoms with E-state index in [2.05, 4.69) is 61.0 Å². The highest BCUT2D eigenvalue weighted by Gasteiger charge is 2.38. The fourth-order valence-electron chi connectivity index (χ4n) is 3.38. The van der Waals surface area contributed by atoms with Gasteiger partial charge in [-0.25, -0.2) is 0 Å². The van der Waals surface area contributed by atoms with Crippen LogP contribution in [0.25, 0.3) is 0 Å². The summed E-state index contributed by atoms with van der Waals surface area (Å²) in [7, 11) is 0. The van der Waals surface area contributed by atoms with Gasteiger partial charge in [0, 0.05) is 10.9 Å². The standard InChI is InChI=1S/C18H27BrO/c1-4-17(2,3)15-9-11-18(20,12-10-15)13-14-5-7-16(19)8-6-14/h5-8,15,20H,4,9-13H2,1-3H3. The molecule has 2 heteroatoms. The second-order valence-electron chi connectivity index (χ2n) is 7.14. The van der Waals surface area contributed by atoms with Gasteiger partial charge in [-0.3, -0.25) is 0 Å². The average molecular weight is 339 g/mol. The lowest BCUT2D eigenvalue weighted by Crippen LogP contribution is -2.39. The first-order chi connectivity index (χ1) is 9.35. The van der Waals surface area contributed by atoms with Crippen LogP contribution in [0, 0.1) is 11.3 Å². The molecule has 0 unspecified atom stereocenters. The minimum Gasteiger partial charge on any atom is -0.390 e. The molecule has 0 saturated heterocycles. The molecule has 1 N–H and O–H groups in total. The normalized spacial score (nSPS) is 27.6. The maximum Gasteiger partial charge on any atom is 0.0688 e. The lowest BCUT2D eigenvalue weighted by molar-refractivity contribution is -0.0276. The zero-order chi connectivity index (χ0) is 14.8. The molecule has 0 aliphatic heterocycles. The molecule has 0 radical (unpaired) electrons. The Morgan fingerprint density at radius 2 is 1.75 bits per heavy atom. The quantitative estimate of drug-likeness (QED) is 0.784. The Morgan fingerprint density at radius 1 is 1.20 bits per heavy atom. The van der Waals surface area contributed by atoms with E-state index in [9.17, 15) is 5.11 Å². The molecule has 112 valence electrons. The first kappa shape index (κ1) is 16.0. The molecular weight excluding hydrogens is 312 g/mol. The van der Waals surface area contributed by atoms with E-state index in [0.29, 0.717) is 5.41 Å². The van der Waals surface area contributed by atoms with E-state index in [1.807, 2.05) is 0 Å². The topological polar surface area (TPSA) is 20.2 Å². The highest BCUT2D eigenvalue weighted by Crippen LogP contribution is 2.44. The fourth-order valence-corrected chi connectivity index (χ4v) is 3.65. The Hall–Kier alpha value is -0.340. The van der Waals surface area contributed by atoms with Crippen molar-refractivity contribution in [3.63, 3.8) is 0 Å². The fraction of sp³-hybridized carbons (Fsp3) is 0.667. The van der Waals surface area contributed by atoms with Crippen molar-refractivity contribution in [2.45, 2.75) is 64.9 Å². The molecule has 1 saturated carbocycles. The van der Waals surface area contributed by atoms with Gasteiger partial charge in [0.15, 0.2) is 0 Å². The van der Waals surface area contributed by atoms with Crippen molar-refractivity contribution < 1.29 is 5.11 Å². The molecular formula is C18H27BrO. The molecule has 0 bridgehead atoms. The Morgan fingerprint density at radius 3 is 2.25 bits per heavy atom. The van der Waals surface area contributed by atoms with E-state index in [4.69, 9.17) is 0 Å². The van der Waals surface area contributed by atoms with E-state index in [1.54, 1.807) is 0 Å². The smallest absolute Gasteiger partial charge is 0.0688 e. The van der Waals surface area contributed by atoms with Gasteiger partial charge in [0.05, 0.1) is 5.60 Å². The van der Waals surface area contributed by atoms with Crippen molar-refractivity contribution in [1.29, 1.82) is 0 Å². The van der Waals surface area contributed by atoms with Crippen LogP contribution in [0.5, 0.6) is 0 Å². The van der Waals surface area contributed by atoms with Crippen molar-refractivity contribution in [3.05, 3.63) is 34.3 Å². The third kappa shape index (κ3) is 3.85. The van der Waals surface area contributed by atoms with Crippen molar-refractivity contribution in [2.24, 2.45) is 11.3 Å². The van der Waals surface area contributed by atoms with Crippen molar-refractivity contribution in [2.75, 3.05) is 0 Å². The predicted octanol–water partition coefficient (Wildman–Crippen LogP) is 5.35. The maximum absolute atomic E-state index is 10.8. The Bertz CT molecular complexity index is 427. The van der Waals surface area contributed by atoms with Crippen LogP contribution in [0.15, 0.2) is 28.7 Å². The van der Waals surface area contributed by atoms with Crippen LogP contribution in [0.2, 0.25) is 0 Å². The van der Waals surface area contributed by atoms with E-state index >= 15 is 0 Å². The third-order valence-corrected chi connectivity index (χ3v) is 5.91. The zero-order valence-corrected chi connectivity index (χ0v) is 14.5. The van der Waals surface area contributed by atoms with Gasteiger partial charge in [-0.05, 0) is 54.7 Å². The summed E-state index contributed by atoms with van der Waals surface area (Å²) < 4.78 is 1.10. The molecule has 1 aromatic rings. The first-order valence-corrected chi connectivity index (χ1v) is 8.61. The summed E-state index contributed by atoms with van der Waals surface area (Å²) in [4.78, 5) is 0. The molecule has 0 atom stereocenters. The maximum atomic E-state index is 10.8. The largest absolute Gasteiger partial charge is 0.390 e. The third-order valence-electron chi connectivity index (χ3n) is 5.38. The Labute approximate surface area is 131 Å². The summed E-state index contributed by atoms with van der Waals surface area (Å²) in [5.74, 6) is 0.762. The molecule has 20 heavy (non-hydrogen) atoms. The minimum atomic E-state index is -0.492.